The Morgan fingerprint density at radius 1 is 1.50 bits per heavy atom. The number of carboxylic acids is 1. The Balaban J connectivity index is 3.10. The fourth-order valence-corrected chi connectivity index (χ4v) is 2.74. The molecule has 0 bridgehead atoms. The van der Waals surface area contributed by atoms with Gasteiger partial charge in [0, 0.05) is 0 Å². The molecular formula is C10H12FNO5S. The van der Waals surface area contributed by atoms with Crippen molar-refractivity contribution in [3.63, 3.8) is 0 Å². The molecule has 0 aliphatic rings. The molecule has 18 heavy (non-hydrogen) atoms. The van der Waals surface area contributed by atoms with Crippen molar-refractivity contribution < 1.29 is 27.8 Å². The molecule has 100 valence electrons. The normalized spacial score (nSPS) is 13.3. The van der Waals surface area contributed by atoms with Gasteiger partial charge in [0.2, 0.25) is 10.0 Å². The van der Waals surface area contributed by atoms with Gasteiger partial charge < -0.3 is 10.2 Å². The summed E-state index contributed by atoms with van der Waals surface area (Å²) in [6.45, 7) is 0.501. The SMILES string of the molecule is Cc1cc(F)ccc1S(=O)(=O)N[C@@H](CO)C(=O)O. The number of nitrogens with one attached hydrogen (secondary N) is 1. The third-order valence-corrected chi connectivity index (χ3v) is 3.84. The molecule has 0 aliphatic heterocycles. The molecule has 0 amide bonds. The lowest BCUT2D eigenvalue weighted by molar-refractivity contribution is -0.139. The van der Waals surface area contributed by atoms with Crippen molar-refractivity contribution in [1.29, 1.82) is 0 Å². The summed E-state index contributed by atoms with van der Waals surface area (Å²) >= 11 is 0. The summed E-state index contributed by atoms with van der Waals surface area (Å²) in [5.41, 5.74) is 0.143. The van der Waals surface area contributed by atoms with Crippen LogP contribution in [0.3, 0.4) is 0 Å². The first-order valence-electron chi connectivity index (χ1n) is 4.90. The van der Waals surface area contributed by atoms with Crippen LogP contribution < -0.4 is 4.72 Å². The number of benzene rings is 1. The second-order valence-corrected chi connectivity index (χ2v) is 5.29. The van der Waals surface area contributed by atoms with Crippen molar-refractivity contribution >= 4 is 16.0 Å². The van der Waals surface area contributed by atoms with Gasteiger partial charge in [-0.2, -0.15) is 4.72 Å². The second kappa shape index (κ2) is 5.42. The molecule has 1 aromatic carbocycles. The van der Waals surface area contributed by atoms with E-state index in [-0.39, 0.29) is 10.5 Å². The Labute approximate surface area is 103 Å². The van der Waals surface area contributed by atoms with E-state index in [1.165, 1.54) is 6.92 Å². The first-order valence-corrected chi connectivity index (χ1v) is 6.38. The summed E-state index contributed by atoms with van der Waals surface area (Å²) < 4.78 is 38.3. The van der Waals surface area contributed by atoms with Crippen LogP contribution in [0.25, 0.3) is 0 Å². The molecule has 0 unspecified atom stereocenters. The fraction of sp³-hybridized carbons (Fsp3) is 0.300. The largest absolute Gasteiger partial charge is 0.480 e. The van der Waals surface area contributed by atoms with E-state index in [2.05, 4.69) is 0 Å². The molecule has 0 aliphatic carbocycles. The predicted octanol–water partition coefficient (Wildman–Crippen LogP) is -0.142. The van der Waals surface area contributed by atoms with Crippen molar-refractivity contribution in [3.05, 3.63) is 29.6 Å². The number of hydrogen-bond acceptors (Lipinski definition) is 4. The molecule has 6 nitrogen and oxygen atoms in total. The Morgan fingerprint density at radius 2 is 2.11 bits per heavy atom. The maximum atomic E-state index is 12.8. The molecular weight excluding hydrogens is 265 g/mol. The van der Waals surface area contributed by atoms with Gasteiger partial charge in [0.05, 0.1) is 11.5 Å². The number of aliphatic carboxylic acids is 1. The van der Waals surface area contributed by atoms with Gasteiger partial charge in [-0.25, -0.2) is 12.8 Å². The average molecular weight is 277 g/mol. The lowest BCUT2D eigenvalue weighted by atomic mass is 10.2. The van der Waals surface area contributed by atoms with Crippen LogP contribution in [0.5, 0.6) is 0 Å². The van der Waals surface area contributed by atoms with E-state index in [0.29, 0.717) is 0 Å². The zero-order chi connectivity index (χ0) is 13.9. The summed E-state index contributed by atoms with van der Waals surface area (Å²) in [5.74, 6) is -2.09. The van der Waals surface area contributed by atoms with E-state index in [1.807, 2.05) is 4.72 Å². The lowest BCUT2D eigenvalue weighted by Gasteiger charge is -2.13. The maximum Gasteiger partial charge on any atom is 0.324 e. The third-order valence-electron chi connectivity index (χ3n) is 2.20. The number of sulfonamides is 1. The van der Waals surface area contributed by atoms with E-state index in [0.717, 1.165) is 18.2 Å². The summed E-state index contributed by atoms with van der Waals surface area (Å²) in [7, 11) is -4.12. The smallest absolute Gasteiger partial charge is 0.324 e. The minimum Gasteiger partial charge on any atom is -0.480 e. The number of hydrogen-bond donors (Lipinski definition) is 3. The molecule has 1 rings (SSSR count). The second-order valence-electron chi connectivity index (χ2n) is 3.60. The first-order chi connectivity index (χ1) is 8.27. The van der Waals surface area contributed by atoms with Crippen molar-refractivity contribution in [2.75, 3.05) is 6.61 Å². The molecule has 0 saturated heterocycles. The maximum absolute atomic E-state index is 12.8. The average Bonchev–Trinajstić information content (AvgIpc) is 2.24. The van der Waals surface area contributed by atoms with E-state index < -0.39 is 34.5 Å². The fourth-order valence-electron chi connectivity index (χ4n) is 1.33. The van der Waals surface area contributed by atoms with Crippen molar-refractivity contribution in [2.24, 2.45) is 0 Å². The molecule has 1 atom stereocenters. The van der Waals surface area contributed by atoms with Gasteiger partial charge in [-0.05, 0) is 30.7 Å². The van der Waals surface area contributed by atoms with Crippen LogP contribution in [-0.4, -0.2) is 37.2 Å². The zero-order valence-corrected chi connectivity index (χ0v) is 10.2. The van der Waals surface area contributed by atoms with Crippen LogP contribution in [-0.2, 0) is 14.8 Å². The van der Waals surface area contributed by atoms with Crippen LogP contribution in [0, 0.1) is 12.7 Å². The molecule has 0 radical (unpaired) electrons. The van der Waals surface area contributed by atoms with Gasteiger partial charge in [0.25, 0.3) is 0 Å². The van der Waals surface area contributed by atoms with Gasteiger partial charge in [0.15, 0.2) is 0 Å². The van der Waals surface area contributed by atoms with E-state index in [4.69, 9.17) is 10.2 Å². The summed E-state index contributed by atoms with van der Waals surface area (Å²) in [5, 5.41) is 17.4. The molecule has 3 N–H and O–H groups in total. The van der Waals surface area contributed by atoms with Gasteiger partial charge in [0.1, 0.15) is 11.9 Å². The zero-order valence-electron chi connectivity index (χ0n) is 9.42. The van der Waals surface area contributed by atoms with Crippen LogP contribution in [0.2, 0.25) is 0 Å². The van der Waals surface area contributed by atoms with Crippen molar-refractivity contribution in [1.82, 2.24) is 4.72 Å². The number of rotatable bonds is 5. The highest BCUT2D eigenvalue weighted by atomic mass is 32.2. The number of aryl methyl sites for hydroxylation is 1. The summed E-state index contributed by atoms with van der Waals surface area (Å²) in [4.78, 5) is 10.4. The lowest BCUT2D eigenvalue weighted by Crippen LogP contribution is -2.43. The molecule has 0 spiro atoms. The highest BCUT2D eigenvalue weighted by molar-refractivity contribution is 7.89. The van der Waals surface area contributed by atoms with Crippen LogP contribution in [0.1, 0.15) is 5.56 Å². The number of carboxylic acid groups (broad SMARTS) is 1. The predicted molar refractivity (Wildman–Crippen MR) is 60.0 cm³/mol. The van der Waals surface area contributed by atoms with Crippen molar-refractivity contribution in [3.8, 4) is 0 Å². The van der Waals surface area contributed by atoms with E-state index in [1.54, 1.807) is 0 Å². The minimum atomic E-state index is -4.12. The van der Waals surface area contributed by atoms with Gasteiger partial charge >= 0.3 is 5.97 Å². The van der Waals surface area contributed by atoms with Crippen LogP contribution >= 0.6 is 0 Å². The Morgan fingerprint density at radius 3 is 2.56 bits per heavy atom. The standard InChI is InChI=1S/C10H12FNO5S/c1-6-4-7(11)2-3-9(6)18(16,17)12-8(5-13)10(14)15/h2-4,8,12-13H,5H2,1H3,(H,14,15)/t8-/m0/s1. The molecule has 1 aromatic rings. The van der Waals surface area contributed by atoms with Crippen molar-refractivity contribution in [2.45, 2.75) is 17.9 Å². The summed E-state index contributed by atoms with van der Waals surface area (Å²) in [6, 6.07) is 1.36. The van der Waals surface area contributed by atoms with Gasteiger partial charge in [-0.1, -0.05) is 0 Å². The number of halogens is 1. The van der Waals surface area contributed by atoms with E-state index >= 15 is 0 Å². The molecule has 0 saturated carbocycles. The van der Waals surface area contributed by atoms with Crippen LogP contribution in [0.4, 0.5) is 4.39 Å². The number of carbonyl (C=O) groups is 1. The Bertz CT molecular complexity index is 557. The highest BCUT2D eigenvalue weighted by Crippen LogP contribution is 2.16. The van der Waals surface area contributed by atoms with Crippen LogP contribution in [0.15, 0.2) is 23.1 Å². The van der Waals surface area contributed by atoms with Gasteiger partial charge in [-0.15, -0.1) is 0 Å². The topological polar surface area (TPSA) is 104 Å². The monoisotopic (exact) mass is 277 g/mol. The molecule has 0 fully saturated rings. The Hall–Kier alpha value is -1.51. The van der Waals surface area contributed by atoms with E-state index in [9.17, 15) is 17.6 Å². The molecule has 8 heteroatoms. The quantitative estimate of drug-likeness (QED) is 0.695. The Kier molecular flexibility index (Phi) is 4.38. The molecule has 0 aromatic heterocycles. The highest BCUT2D eigenvalue weighted by Gasteiger charge is 2.25. The number of aliphatic hydroxyl groups excluding tert-OH is 1. The minimum absolute atomic E-state index is 0.143. The number of aliphatic hydroxyl groups is 1. The van der Waals surface area contributed by atoms with Gasteiger partial charge in [-0.3, -0.25) is 4.79 Å². The first kappa shape index (κ1) is 14.6. The third kappa shape index (κ3) is 3.25. The summed E-state index contributed by atoms with van der Waals surface area (Å²) in [6.07, 6.45) is 0. The molecule has 0 heterocycles.